The summed E-state index contributed by atoms with van der Waals surface area (Å²) < 4.78 is 5.24. The summed E-state index contributed by atoms with van der Waals surface area (Å²) >= 11 is 0. The molecule has 17 heavy (non-hydrogen) atoms. The van der Waals surface area contributed by atoms with Crippen LogP contribution in [0.2, 0.25) is 0 Å². The van der Waals surface area contributed by atoms with E-state index in [0.29, 0.717) is 13.2 Å². The number of rotatable bonds is 9. The molecule has 3 heteroatoms. The molecule has 2 rings (SSSR count). The van der Waals surface area contributed by atoms with Gasteiger partial charge in [-0.3, -0.25) is 9.69 Å². The third kappa shape index (κ3) is 5.53. The number of carbonyl (C=O) groups is 1. The van der Waals surface area contributed by atoms with Crippen LogP contribution >= 0.6 is 0 Å². The summed E-state index contributed by atoms with van der Waals surface area (Å²) in [6.45, 7) is 5.44. The van der Waals surface area contributed by atoms with Crippen molar-refractivity contribution in [2.75, 3.05) is 26.2 Å². The molecule has 2 aliphatic rings. The van der Waals surface area contributed by atoms with Gasteiger partial charge in [-0.05, 0) is 43.9 Å². The van der Waals surface area contributed by atoms with Gasteiger partial charge in [-0.15, -0.1) is 0 Å². The Morgan fingerprint density at radius 2 is 1.76 bits per heavy atom. The van der Waals surface area contributed by atoms with Crippen molar-refractivity contribution in [2.24, 2.45) is 11.8 Å². The smallest absolute Gasteiger partial charge is 0.320 e. The van der Waals surface area contributed by atoms with E-state index >= 15 is 0 Å². The molecule has 0 aromatic rings. The number of hydrogen-bond donors (Lipinski definition) is 0. The fraction of sp³-hybridized carbons (Fsp3) is 0.929. The second-order valence-electron chi connectivity index (χ2n) is 5.65. The molecule has 3 nitrogen and oxygen atoms in total. The molecule has 98 valence electrons. The van der Waals surface area contributed by atoms with Crippen LogP contribution in [0.3, 0.4) is 0 Å². The number of esters is 1. The Labute approximate surface area is 105 Å². The standard InChI is InChI=1S/C14H25NO2/c1-2-3-8-17-14(16)11-15(9-12-4-5-12)10-13-6-7-13/h12-13H,2-11H2,1H3. The van der Waals surface area contributed by atoms with Gasteiger partial charge in [0.05, 0.1) is 13.2 Å². The molecule has 0 amide bonds. The molecule has 0 aromatic heterocycles. The van der Waals surface area contributed by atoms with Crippen LogP contribution in [0.1, 0.15) is 45.4 Å². The molecule has 2 aliphatic carbocycles. The van der Waals surface area contributed by atoms with Crippen molar-refractivity contribution in [1.29, 1.82) is 0 Å². The van der Waals surface area contributed by atoms with Crippen molar-refractivity contribution >= 4 is 5.97 Å². The first-order valence-electron chi connectivity index (χ1n) is 7.16. The van der Waals surface area contributed by atoms with E-state index in [2.05, 4.69) is 11.8 Å². The van der Waals surface area contributed by atoms with Crippen LogP contribution in [-0.2, 0) is 9.53 Å². The maximum Gasteiger partial charge on any atom is 0.320 e. The van der Waals surface area contributed by atoms with Crippen LogP contribution in [0.25, 0.3) is 0 Å². The molecular formula is C14H25NO2. The van der Waals surface area contributed by atoms with E-state index in [9.17, 15) is 4.79 Å². The molecule has 0 spiro atoms. The molecule has 0 atom stereocenters. The normalized spacial score (nSPS) is 19.6. The highest BCUT2D eigenvalue weighted by molar-refractivity contribution is 5.71. The highest BCUT2D eigenvalue weighted by Crippen LogP contribution is 2.33. The Bertz CT molecular complexity index is 233. The molecule has 0 radical (unpaired) electrons. The van der Waals surface area contributed by atoms with E-state index < -0.39 is 0 Å². The van der Waals surface area contributed by atoms with Crippen molar-refractivity contribution < 1.29 is 9.53 Å². The average molecular weight is 239 g/mol. The Kier molecular flexibility index (Phi) is 4.84. The van der Waals surface area contributed by atoms with Gasteiger partial charge in [0.15, 0.2) is 0 Å². The van der Waals surface area contributed by atoms with E-state index in [1.165, 1.54) is 25.7 Å². The number of carbonyl (C=O) groups excluding carboxylic acids is 1. The van der Waals surface area contributed by atoms with Crippen molar-refractivity contribution in [1.82, 2.24) is 4.90 Å². The highest BCUT2D eigenvalue weighted by atomic mass is 16.5. The summed E-state index contributed by atoms with van der Waals surface area (Å²) in [5, 5.41) is 0. The van der Waals surface area contributed by atoms with E-state index in [1.807, 2.05) is 0 Å². The minimum atomic E-state index is -0.0280. The Morgan fingerprint density at radius 3 is 2.24 bits per heavy atom. The molecule has 0 aliphatic heterocycles. The first-order chi connectivity index (χ1) is 8.28. The maximum absolute atomic E-state index is 11.7. The van der Waals surface area contributed by atoms with Crippen LogP contribution in [0.15, 0.2) is 0 Å². The fourth-order valence-corrected chi connectivity index (χ4v) is 2.09. The lowest BCUT2D eigenvalue weighted by Crippen LogP contribution is -2.34. The first kappa shape index (κ1) is 12.9. The van der Waals surface area contributed by atoms with Gasteiger partial charge in [0.25, 0.3) is 0 Å². The minimum absolute atomic E-state index is 0.0280. The molecule has 0 saturated heterocycles. The summed E-state index contributed by atoms with van der Waals surface area (Å²) in [7, 11) is 0. The van der Waals surface area contributed by atoms with Gasteiger partial charge in [0.1, 0.15) is 0 Å². The molecule has 0 heterocycles. The molecule has 0 N–H and O–H groups in total. The zero-order valence-corrected chi connectivity index (χ0v) is 11.0. The summed E-state index contributed by atoms with van der Waals surface area (Å²) in [5.74, 6) is 1.69. The van der Waals surface area contributed by atoms with Gasteiger partial charge in [0.2, 0.25) is 0 Å². The van der Waals surface area contributed by atoms with Crippen LogP contribution in [-0.4, -0.2) is 37.1 Å². The van der Waals surface area contributed by atoms with Gasteiger partial charge in [0, 0.05) is 13.1 Å². The zero-order chi connectivity index (χ0) is 12.1. The number of hydrogen-bond acceptors (Lipinski definition) is 3. The maximum atomic E-state index is 11.7. The Morgan fingerprint density at radius 1 is 1.18 bits per heavy atom. The van der Waals surface area contributed by atoms with E-state index in [-0.39, 0.29) is 5.97 Å². The summed E-state index contributed by atoms with van der Waals surface area (Å²) in [4.78, 5) is 14.0. The Hall–Kier alpha value is -0.570. The van der Waals surface area contributed by atoms with Crippen LogP contribution in [0.4, 0.5) is 0 Å². The molecule has 2 fully saturated rings. The Balaban J connectivity index is 1.64. The lowest BCUT2D eigenvalue weighted by atomic mass is 10.3. The van der Waals surface area contributed by atoms with Crippen LogP contribution < -0.4 is 0 Å². The van der Waals surface area contributed by atoms with Gasteiger partial charge in [-0.2, -0.15) is 0 Å². The van der Waals surface area contributed by atoms with Gasteiger partial charge in [-0.25, -0.2) is 0 Å². The second kappa shape index (κ2) is 6.39. The van der Waals surface area contributed by atoms with Gasteiger partial charge in [-0.1, -0.05) is 13.3 Å². The van der Waals surface area contributed by atoms with Crippen molar-refractivity contribution in [3.8, 4) is 0 Å². The molecular weight excluding hydrogens is 214 g/mol. The topological polar surface area (TPSA) is 29.5 Å². The lowest BCUT2D eigenvalue weighted by molar-refractivity contribution is -0.145. The van der Waals surface area contributed by atoms with E-state index in [1.54, 1.807) is 0 Å². The van der Waals surface area contributed by atoms with Crippen LogP contribution in [0.5, 0.6) is 0 Å². The lowest BCUT2D eigenvalue weighted by Gasteiger charge is -2.20. The van der Waals surface area contributed by atoms with Crippen molar-refractivity contribution in [3.63, 3.8) is 0 Å². The van der Waals surface area contributed by atoms with Crippen molar-refractivity contribution in [2.45, 2.75) is 45.4 Å². The fourth-order valence-electron chi connectivity index (χ4n) is 2.09. The average Bonchev–Trinajstić information content (AvgIpc) is 3.14. The number of ether oxygens (including phenoxy) is 1. The summed E-state index contributed by atoms with van der Waals surface area (Å²) in [6, 6.07) is 0. The summed E-state index contributed by atoms with van der Waals surface area (Å²) in [6.07, 6.45) is 7.48. The number of nitrogens with zero attached hydrogens (tertiary/aromatic N) is 1. The predicted octanol–water partition coefficient (Wildman–Crippen LogP) is 2.45. The largest absolute Gasteiger partial charge is 0.465 e. The number of unbranched alkanes of at least 4 members (excludes halogenated alkanes) is 1. The van der Waals surface area contributed by atoms with E-state index in [0.717, 1.165) is 37.8 Å². The van der Waals surface area contributed by atoms with Crippen molar-refractivity contribution in [3.05, 3.63) is 0 Å². The molecule has 0 bridgehead atoms. The van der Waals surface area contributed by atoms with Gasteiger partial charge >= 0.3 is 5.97 Å². The van der Waals surface area contributed by atoms with E-state index in [4.69, 9.17) is 4.74 Å². The molecule has 2 saturated carbocycles. The third-order valence-corrected chi connectivity index (χ3v) is 3.54. The highest BCUT2D eigenvalue weighted by Gasteiger charge is 2.30. The van der Waals surface area contributed by atoms with Crippen LogP contribution in [0, 0.1) is 11.8 Å². The first-order valence-corrected chi connectivity index (χ1v) is 7.16. The third-order valence-electron chi connectivity index (χ3n) is 3.54. The second-order valence-corrected chi connectivity index (χ2v) is 5.65. The monoisotopic (exact) mass is 239 g/mol. The van der Waals surface area contributed by atoms with Gasteiger partial charge < -0.3 is 4.74 Å². The minimum Gasteiger partial charge on any atom is -0.465 e. The summed E-state index contributed by atoms with van der Waals surface area (Å²) in [5.41, 5.74) is 0. The SMILES string of the molecule is CCCCOC(=O)CN(CC1CC1)CC1CC1. The quantitative estimate of drug-likeness (QED) is 0.457. The zero-order valence-electron chi connectivity index (χ0n) is 11.0. The molecule has 0 unspecified atom stereocenters. The molecule has 0 aromatic carbocycles. The predicted molar refractivity (Wildman–Crippen MR) is 67.8 cm³/mol.